The lowest BCUT2D eigenvalue weighted by Crippen LogP contribution is -2.43. The summed E-state index contributed by atoms with van der Waals surface area (Å²) >= 11 is 5.13. The van der Waals surface area contributed by atoms with E-state index in [0.29, 0.717) is 82.2 Å². The van der Waals surface area contributed by atoms with E-state index >= 15 is 0 Å². The van der Waals surface area contributed by atoms with E-state index in [4.69, 9.17) is 76.8 Å². The summed E-state index contributed by atoms with van der Waals surface area (Å²) < 4.78 is 59.4. The van der Waals surface area contributed by atoms with Gasteiger partial charge in [0.1, 0.15) is 120 Å². The summed E-state index contributed by atoms with van der Waals surface area (Å²) in [6.45, 7) is 44.7. The molecule has 38 nitrogen and oxygen atoms in total. The molecule has 6 fully saturated rings. The molecule has 1 aromatic rings. The van der Waals surface area contributed by atoms with Crippen LogP contribution in [-0.2, 0) is 64.0 Å². The van der Waals surface area contributed by atoms with Gasteiger partial charge in [0.05, 0.1) is 69.3 Å². The number of aliphatic hydroxyl groups excluding tert-OH is 9. The molecule has 0 radical (unpaired) electrons. The number of nitrogens with two attached hydrogens (primary N) is 3. The van der Waals surface area contributed by atoms with Crippen molar-refractivity contribution in [3.05, 3.63) is 145 Å². The van der Waals surface area contributed by atoms with Crippen LogP contribution < -0.4 is 27.8 Å². The number of aliphatic imine (C=N–C) groups is 5. The molecule has 0 unspecified atom stereocenters. The van der Waals surface area contributed by atoms with Crippen molar-refractivity contribution < 1.29 is 103 Å². The standard InChI is InChI=1S/C17H28N3O4P.C16H28N3O4P.C16H26N3O4P.C15H26N3O4P.C15H26N3O2P.C15H25N2O3PS/c1-11-18-14(19-12(2)21)7-9-20(11)17-16(23-3)15(22)13(24-17)8-10-25(4,5)6;1-10-18-15(17)12(21-2)9-19(10)16-14(22-3)13(20)11(23-16)7-8-24(4,5)6;1-10-17-13(18-11(2)20)6-8-19(10)16-15(22)14(21)12(23-16)7-9-24(3,4)5;1-9-17-14(16)11(21-2)8-18(9)15-13(20)12(19)10(22-15)6-7-23(3,4)5;1-10-14(19)12(7-9-21(3,4)5)20-15(10)18-8-6-13(16)17-11(18)2;1-9-10(8-17(2)15(22)16-9)14-13(19)12(18)11(20-14)6-7-21(3,4)5/h7,9,13,15-17,22H,1,4,8,10H2,2-3,5-6H3,(H,18,19,21);9,11,13-14,16,20H,1,4,7-8H2,2-3,5-6H3,(H2,17,18);6,8,12,14-16,21-22H,1,3,7,9H2,2,4-5H3,(H,17,18,20);8,10,12-13,15,19-20H,1,3,6-7H2,2,4-5H3,(H2,16,17);6,8,10,12,14-15,19H,2-3,7,9H2,1,4-5H3,(H2,16,17);8,11-14,18-19H,3,6-7H2,1-2,4-5H3/t13-,15-,16-,17-;11-,13-,14-,16-;12-,14-,15-,16-;10-,12-,13-,15-;10-,12-,14+,15-;11-,12-,13-,14+/m111111/s1. The smallest absolute Gasteiger partial charge is 0.222 e. The van der Waals surface area contributed by atoms with E-state index in [1.165, 1.54) is 33.0 Å². The number of aliphatic hydroxyl groups is 9. The molecule has 139 heavy (non-hydrogen) atoms. The fraction of sp³-hybridized carbons (Fsp3) is 0.606. The van der Waals surface area contributed by atoms with Gasteiger partial charge in [0.2, 0.25) is 11.8 Å². The minimum atomic E-state index is -1.23. The number of aryl methyl sites for hydroxylation is 2. The summed E-state index contributed by atoms with van der Waals surface area (Å²) in [7, 11) is 7.90. The van der Waals surface area contributed by atoms with Gasteiger partial charge in [0, 0.05) is 77.1 Å². The highest BCUT2D eigenvalue weighted by molar-refractivity contribution is 7.74. The topological polar surface area (TPSA) is 506 Å². The van der Waals surface area contributed by atoms with Crippen LogP contribution in [0.4, 0.5) is 0 Å². The summed E-state index contributed by atoms with van der Waals surface area (Å²) in [5.41, 5.74) is 18.7. The van der Waals surface area contributed by atoms with Crippen LogP contribution in [0.2, 0.25) is 0 Å². The molecule has 11 aliphatic rings. The Hall–Kier alpha value is -6.89. The van der Waals surface area contributed by atoms with Gasteiger partial charge in [-0.25, -0.2) is 29.9 Å². The predicted octanol–water partition coefficient (Wildman–Crippen LogP) is 5.56. The quantitative estimate of drug-likeness (QED) is 0.0361. The Morgan fingerprint density at radius 2 is 0.719 bits per heavy atom. The van der Waals surface area contributed by atoms with E-state index in [1.807, 2.05) is 38.2 Å². The van der Waals surface area contributed by atoms with Gasteiger partial charge >= 0.3 is 0 Å². The van der Waals surface area contributed by atoms with Gasteiger partial charge in [-0.05, 0) is 193 Å². The van der Waals surface area contributed by atoms with E-state index < -0.39 is 152 Å². The molecule has 0 bridgehead atoms. The van der Waals surface area contributed by atoms with Crippen LogP contribution in [0.5, 0.6) is 0 Å². The summed E-state index contributed by atoms with van der Waals surface area (Å²) in [6, 6.07) is 0. The van der Waals surface area contributed by atoms with Crippen LogP contribution in [0.3, 0.4) is 0 Å². The Labute approximate surface area is 827 Å². The molecule has 0 spiro atoms. The highest BCUT2D eigenvalue weighted by Crippen LogP contribution is 2.47. The SMILES string of the molecule is C=C1N=C(N)C(OC)=CN1[C@@H]1O[C@H](CCP(=C)(C)C)[C@@H](O)[C@H]1O.C=C1N=C(N)C(OC)=CN1[C@@H]1O[C@H](CCP(=C)(C)C)[C@@H](O)[C@H]1OC.C=C1N=C(N)C=CN1[C@@H]1O[C@H](CCP(=C)(C)C)[C@@H](O)[C@H]1C.C=C1N=C(NC(C)=O)C=CN1[C@@H]1O[C@H](CCP(=C)(C)C)[C@@H](O)[C@H]1O.C=C1N=C(NC(C)=O)C=CN1[C@@H]1O[C@H](CCP(=C)(C)C)[C@@H](O)[C@H]1OC.C=P(C)(C)CC[C@H]1O[C@@H](c2cn(C)c(=S)nc2C)[C@H](O)[C@@H]1O. The number of rotatable bonds is 28. The molecule has 2 amide bonds. The molecule has 24 atom stereocenters. The van der Waals surface area contributed by atoms with Crippen LogP contribution in [0.15, 0.2) is 154 Å². The number of amides is 2. The summed E-state index contributed by atoms with van der Waals surface area (Å²) in [5.74, 6) is 4.04. The van der Waals surface area contributed by atoms with Crippen LogP contribution in [0.25, 0.3) is 0 Å². The lowest BCUT2D eigenvalue weighted by Gasteiger charge is -2.32. The van der Waals surface area contributed by atoms with E-state index in [0.717, 1.165) is 67.5 Å². The van der Waals surface area contributed by atoms with Crippen molar-refractivity contribution >= 4 is 132 Å². The first kappa shape index (κ1) is 119. The average molecular weight is 2080 g/mol. The molecule has 782 valence electrons. The lowest BCUT2D eigenvalue weighted by atomic mass is 10.00. The zero-order valence-electron chi connectivity index (χ0n) is 84.9. The monoisotopic (exact) mass is 2080 g/mol. The predicted molar refractivity (Wildman–Crippen MR) is 577 cm³/mol. The minimum absolute atomic E-state index is 0.0165. The largest absolute Gasteiger partial charge is 0.491 e. The number of hydrogen-bond donors (Lipinski definition) is 14. The van der Waals surface area contributed by atoms with Gasteiger partial charge in [-0.3, -0.25) is 9.59 Å². The third-order valence-electron chi connectivity index (χ3n) is 24.0. The lowest BCUT2D eigenvalue weighted by molar-refractivity contribution is -0.118. The first-order valence-corrected chi connectivity index (χ1v) is 64.4. The molecule has 11 aliphatic heterocycles. The maximum absolute atomic E-state index is 11.1. The second-order valence-electron chi connectivity index (χ2n) is 40.3. The van der Waals surface area contributed by atoms with Gasteiger partial charge < -0.3 is 150 Å². The Morgan fingerprint density at radius 1 is 0.424 bits per heavy atom. The second kappa shape index (κ2) is 50.8. The van der Waals surface area contributed by atoms with Crippen LogP contribution in [0.1, 0.15) is 76.7 Å². The number of methoxy groups -OCH3 is 4. The van der Waals surface area contributed by atoms with Crippen LogP contribution in [0, 0.1) is 17.6 Å². The molecular formula is C94H159N17O21P6S. The molecule has 0 aromatic carbocycles. The number of nitrogens with one attached hydrogen (secondary N) is 2. The zero-order valence-corrected chi connectivity index (χ0v) is 91.1. The summed E-state index contributed by atoms with van der Waals surface area (Å²) in [4.78, 5) is 55.7. The van der Waals surface area contributed by atoms with Gasteiger partial charge in [0.25, 0.3) is 0 Å². The Morgan fingerprint density at radius 3 is 1.07 bits per heavy atom. The van der Waals surface area contributed by atoms with Crippen molar-refractivity contribution in [2.45, 2.75) is 207 Å². The maximum Gasteiger partial charge on any atom is 0.222 e. The van der Waals surface area contributed by atoms with Crippen molar-refractivity contribution in [3.63, 3.8) is 0 Å². The summed E-state index contributed by atoms with van der Waals surface area (Å²) in [5, 5.41) is 98.6. The molecule has 45 heteroatoms. The third kappa shape index (κ3) is 34.4. The number of aromatic nitrogens is 2. The van der Waals surface area contributed by atoms with E-state index in [9.17, 15) is 55.5 Å². The molecule has 0 saturated carbocycles. The molecule has 0 aliphatic carbocycles. The Kier molecular flexibility index (Phi) is 43.5. The van der Waals surface area contributed by atoms with Crippen molar-refractivity contribution in [3.8, 4) is 0 Å². The fourth-order valence-electron chi connectivity index (χ4n) is 16.2. The van der Waals surface area contributed by atoms with Gasteiger partial charge in [0.15, 0.2) is 52.9 Å². The van der Waals surface area contributed by atoms with Gasteiger partial charge in [-0.15, -0.1) is 79.1 Å². The highest BCUT2D eigenvalue weighted by Gasteiger charge is 2.52. The number of ether oxygens (including phenoxy) is 10. The Bertz CT molecular complexity index is 5260. The molecule has 12 rings (SSSR count). The van der Waals surface area contributed by atoms with Crippen LogP contribution in [-0.4, -0.2) is 439 Å². The zero-order chi connectivity index (χ0) is 105. The normalized spacial score (nSPS) is 30.9. The molecule has 12 heterocycles. The number of carbonyl (C=O) groups is 2. The maximum atomic E-state index is 11.1. The highest BCUT2D eigenvalue weighted by atomic mass is 32.1. The molecule has 6 saturated heterocycles. The van der Waals surface area contributed by atoms with Gasteiger partial charge in [-0.2, -0.15) is 0 Å². The second-order valence-corrected chi connectivity index (χ2v) is 66.6. The van der Waals surface area contributed by atoms with Crippen molar-refractivity contribution in [1.29, 1.82) is 0 Å². The van der Waals surface area contributed by atoms with Crippen molar-refractivity contribution in [2.24, 2.45) is 55.1 Å². The number of amidine groups is 5. The molecule has 1 aromatic heterocycles. The van der Waals surface area contributed by atoms with E-state index in [-0.39, 0.29) is 60.0 Å². The van der Waals surface area contributed by atoms with Crippen LogP contribution >= 0.6 is 53.5 Å². The molecule has 17 N–H and O–H groups in total. The van der Waals surface area contributed by atoms with Gasteiger partial charge in [-0.1, -0.05) is 39.8 Å². The first-order valence-electron chi connectivity index (χ1n) is 45.7. The van der Waals surface area contributed by atoms with E-state index in [1.54, 1.807) is 76.5 Å². The molecular weight excluding hydrogens is 1920 g/mol. The average Bonchev–Trinajstić information content (AvgIpc) is 1.64. The fourth-order valence-corrected chi connectivity index (χ4v) is 22.1. The van der Waals surface area contributed by atoms with Crippen molar-refractivity contribution in [2.75, 3.05) is 145 Å². The number of hydrogen-bond acceptors (Lipinski definition) is 36. The minimum Gasteiger partial charge on any atom is -0.491 e. The van der Waals surface area contributed by atoms with Crippen molar-refractivity contribution in [1.82, 2.24) is 44.7 Å². The van der Waals surface area contributed by atoms with E-state index in [2.05, 4.69) is 191 Å². The third-order valence-corrected chi connectivity index (χ3v) is 33.2. The number of carbonyl (C=O) groups excluding carboxylic acids is 2. The summed E-state index contributed by atoms with van der Waals surface area (Å²) in [6.07, 6.45) is 35.7. The Balaban J connectivity index is 0.000000227. The number of nitrogens with zero attached hydrogens (tertiary/aromatic N) is 12. The first-order chi connectivity index (χ1) is 64.3.